The van der Waals surface area contributed by atoms with Gasteiger partial charge in [-0.2, -0.15) is 0 Å². The second-order valence-electron chi connectivity index (χ2n) is 6.49. The van der Waals surface area contributed by atoms with Crippen LogP contribution in [0.2, 0.25) is 5.02 Å². The zero-order chi connectivity index (χ0) is 19.0. The third-order valence-electron chi connectivity index (χ3n) is 4.78. The van der Waals surface area contributed by atoms with Gasteiger partial charge in [0, 0.05) is 38.9 Å². The van der Waals surface area contributed by atoms with Gasteiger partial charge in [0.15, 0.2) is 0 Å². The van der Waals surface area contributed by atoms with Crippen molar-refractivity contribution in [1.29, 1.82) is 0 Å². The maximum Gasteiger partial charge on any atom is 0.321 e. The molecular formula is C19H19ClFN5O. The van der Waals surface area contributed by atoms with Gasteiger partial charge >= 0.3 is 6.03 Å². The van der Waals surface area contributed by atoms with Crippen LogP contribution in [0.1, 0.15) is 0 Å². The van der Waals surface area contributed by atoms with Crippen molar-refractivity contribution in [2.24, 2.45) is 7.05 Å². The van der Waals surface area contributed by atoms with Crippen molar-refractivity contribution in [1.82, 2.24) is 14.5 Å². The molecule has 3 aromatic rings. The van der Waals surface area contributed by atoms with Crippen LogP contribution in [-0.4, -0.2) is 46.7 Å². The first kappa shape index (κ1) is 17.6. The van der Waals surface area contributed by atoms with Crippen LogP contribution in [0.25, 0.3) is 11.0 Å². The summed E-state index contributed by atoms with van der Waals surface area (Å²) < 4.78 is 15.3. The summed E-state index contributed by atoms with van der Waals surface area (Å²) in [6, 6.07) is 11.9. The molecule has 0 aliphatic carbocycles. The number of aromatic nitrogens is 2. The number of halogens is 2. The number of para-hydroxylation sites is 2. The Morgan fingerprint density at radius 3 is 2.59 bits per heavy atom. The number of hydrogen-bond acceptors (Lipinski definition) is 3. The molecule has 1 aliphatic rings. The van der Waals surface area contributed by atoms with E-state index in [1.165, 1.54) is 18.2 Å². The summed E-state index contributed by atoms with van der Waals surface area (Å²) in [5.41, 5.74) is 2.52. The molecule has 1 aliphatic heterocycles. The van der Waals surface area contributed by atoms with Crippen LogP contribution in [0.15, 0.2) is 42.5 Å². The SMILES string of the molecule is Cn1c(N2CCN(C(=O)Nc3ccc(F)c(Cl)c3)CC2)nc2ccccc21. The lowest BCUT2D eigenvalue weighted by Crippen LogP contribution is -2.50. The Bertz CT molecular complexity index is 997. The van der Waals surface area contributed by atoms with Crippen molar-refractivity contribution < 1.29 is 9.18 Å². The molecule has 2 amide bonds. The smallest absolute Gasteiger partial charge is 0.321 e. The minimum Gasteiger partial charge on any atom is -0.339 e. The Kier molecular flexibility index (Phi) is 4.61. The van der Waals surface area contributed by atoms with Gasteiger partial charge in [0.1, 0.15) is 5.82 Å². The largest absolute Gasteiger partial charge is 0.339 e. The van der Waals surface area contributed by atoms with Crippen LogP contribution in [-0.2, 0) is 7.05 Å². The number of nitrogens with zero attached hydrogens (tertiary/aromatic N) is 4. The molecule has 4 rings (SSSR count). The number of benzene rings is 2. The Morgan fingerprint density at radius 1 is 1.15 bits per heavy atom. The molecule has 6 nitrogen and oxygen atoms in total. The number of rotatable bonds is 2. The quantitative estimate of drug-likeness (QED) is 0.729. The first-order chi connectivity index (χ1) is 13.0. The topological polar surface area (TPSA) is 53.4 Å². The number of carbonyl (C=O) groups excluding carboxylic acids is 1. The number of nitrogens with one attached hydrogen (secondary N) is 1. The molecule has 0 unspecified atom stereocenters. The average molecular weight is 388 g/mol. The summed E-state index contributed by atoms with van der Waals surface area (Å²) in [4.78, 5) is 21.1. The van der Waals surface area contributed by atoms with Gasteiger partial charge in [-0.25, -0.2) is 14.2 Å². The lowest BCUT2D eigenvalue weighted by molar-refractivity contribution is 0.208. The Labute approximate surface area is 161 Å². The highest BCUT2D eigenvalue weighted by Crippen LogP contribution is 2.23. The standard InChI is InChI=1S/C19H19ClFN5O/c1-24-17-5-3-2-4-16(17)23-18(24)25-8-10-26(11-9-25)19(27)22-13-6-7-15(21)14(20)12-13/h2-7,12H,8-11H2,1H3,(H,22,27). The van der Waals surface area contributed by atoms with Crippen LogP contribution >= 0.6 is 11.6 Å². The zero-order valence-electron chi connectivity index (χ0n) is 14.8. The number of aryl methyl sites for hydroxylation is 1. The van der Waals surface area contributed by atoms with Crippen LogP contribution in [0.3, 0.4) is 0 Å². The molecule has 8 heteroatoms. The van der Waals surface area contributed by atoms with E-state index in [4.69, 9.17) is 16.6 Å². The lowest BCUT2D eigenvalue weighted by Gasteiger charge is -2.35. The molecular weight excluding hydrogens is 369 g/mol. The van der Waals surface area contributed by atoms with Crippen molar-refractivity contribution in [3.8, 4) is 0 Å². The maximum atomic E-state index is 13.2. The van der Waals surface area contributed by atoms with E-state index < -0.39 is 5.82 Å². The monoisotopic (exact) mass is 387 g/mol. The van der Waals surface area contributed by atoms with E-state index in [9.17, 15) is 9.18 Å². The number of piperazine rings is 1. The molecule has 0 radical (unpaired) electrons. The summed E-state index contributed by atoms with van der Waals surface area (Å²) in [5.74, 6) is 0.396. The molecule has 2 aromatic carbocycles. The number of carbonyl (C=O) groups is 1. The highest BCUT2D eigenvalue weighted by molar-refractivity contribution is 6.31. The summed E-state index contributed by atoms with van der Waals surface area (Å²) >= 11 is 5.76. The van der Waals surface area contributed by atoms with Gasteiger partial charge in [-0.05, 0) is 30.3 Å². The number of anilines is 2. The number of urea groups is 1. The van der Waals surface area contributed by atoms with Gasteiger partial charge in [0.05, 0.1) is 16.1 Å². The van der Waals surface area contributed by atoms with E-state index in [0.29, 0.717) is 31.9 Å². The van der Waals surface area contributed by atoms with Crippen molar-refractivity contribution in [3.63, 3.8) is 0 Å². The number of amides is 2. The number of fused-ring (bicyclic) bond motifs is 1. The van der Waals surface area contributed by atoms with Gasteiger partial charge in [-0.3, -0.25) is 0 Å². The third-order valence-corrected chi connectivity index (χ3v) is 5.07. The van der Waals surface area contributed by atoms with Gasteiger partial charge in [0.2, 0.25) is 5.95 Å². The van der Waals surface area contributed by atoms with Crippen molar-refractivity contribution in [2.45, 2.75) is 0 Å². The van der Waals surface area contributed by atoms with Crippen molar-refractivity contribution >= 4 is 40.3 Å². The fourth-order valence-electron chi connectivity index (χ4n) is 3.30. The predicted octanol–water partition coefficient (Wildman–Crippen LogP) is 3.72. The predicted molar refractivity (Wildman–Crippen MR) is 105 cm³/mol. The van der Waals surface area contributed by atoms with E-state index in [1.807, 2.05) is 31.3 Å². The molecule has 140 valence electrons. The van der Waals surface area contributed by atoms with Crippen LogP contribution < -0.4 is 10.2 Å². The molecule has 0 atom stereocenters. The number of imidazole rings is 1. The molecule has 0 spiro atoms. The van der Waals surface area contributed by atoms with Gasteiger partial charge in [-0.1, -0.05) is 23.7 Å². The Morgan fingerprint density at radius 2 is 1.89 bits per heavy atom. The van der Waals surface area contributed by atoms with E-state index in [0.717, 1.165) is 17.0 Å². The molecule has 27 heavy (non-hydrogen) atoms. The van der Waals surface area contributed by atoms with Crippen LogP contribution in [0, 0.1) is 5.82 Å². The molecule has 1 fully saturated rings. The Balaban J connectivity index is 1.41. The molecule has 2 heterocycles. The Hall–Kier alpha value is -2.80. The highest BCUT2D eigenvalue weighted by Gasteiger charge is 2.24. The van der Waals surface area contributed by atoms with E-state index in [-0.39, 0.29) is 11.1 Å². The molecule has 1 saturated heterocycles. The first-order valence-electron chi connectivity index (χ1n) is 8.70. The fourth-order valence-corrected chi connectivity index (χ4v) is 3.48. The normalized spacial score (nSPS) is 14.6. The minimum atomic E-state index is -0.509. The molecule has 1 N–H and O–H groups in total. The molecule has 0 saturated carbocycles. The van der Waals surface area contributed by atoms with Gasteiger partial charge in [-0.15, -0.1) is 0 Å². The summed E-state index contributed by atoms with van der Waals surface area (Å²) in [7, 11) is 2.00. The molecule has 0 bridgehead atoms. The van der Waals surface area contributed by atoms with E-state index in [2.05, 4.69) is 14.8 Å². The van der Waals surface area contributed by atoms with Crippen molar-refractivity contribution in [3.05, 3.63) is 53.3 Å². The van der Waals surface area contributed by atoms with Crippen molar-refractivity contribution in [2.75, 3.05) is 36.4 Å². The van der Waals surface area contributed by atoms with Gasteiger partial charge < -0.3 is 19.7 Å². The third kappa shape index (κ3) is 3.42. The minimum absolute atomic E-state index is 0.0144. The van der Waals surface area contributed by atoms with Crippen LogP contribution in [0.5, 0.6) is 0 Å². The maximum absolute atomic E-state index is 13.2. The van der Waals surface area contributed by atoms with Crippen LogP contribution in [0.4, 0.5) is 20.8 Å². The summed E-state index contributed by atoms with van der Waals surface area (Å²) in [6.45, 7) is 2.53. The average Bonchev–Trinajstić information content (AvgIpc) is 3.02. The second-order valence-corrected chi connectivity index (χ2v) is 6.90. The second kappa shape index (κ2) is 7.08. The highest BCUT2D eigenvalue weighted by atomic mass is 35.5. The van der Waals surface area contributed by atoms with Gasteiger partial charge in [0.25, 0.3) is 0 Å². The summed E-state index contributed by atoms with van der Waals surface area (Å²) in [6.07, 6.45) is 0. The first-order valence-corrected chi connectivity index (χ1v) is 9.08. The molecule has 1 aromatic heterocycles. The number of hydrogen-bond donors (Lipinski definition) is 1. The fraction of sp³-hybridized carbons (Fsp3) is 0.263. The summed E-state index contributed by atoms with van der Waals surface area (Å²) in [5, 5.41) is 2.75. The van der Waals surface area contributed by atoms with E-state index >= 15 is 0 Å². The zero-order valence-corrected chi connectivity index (χ0v) is 15.6. The lowest BCUT2D eigenvalue weighted by atomic mass is 10.3. The van der Waals surface area contributed by atoms with E-state index in [1.54, 1.807) is 4.90 Å².